The molecule has 7 nitrogen and oxygen atoms in total. The molecule has 0 aliphatic carbocycles. The van der Waals surface area contributed by atoms with Gasteiger partial charge >= 0.3 is 0 Å². The van der Waals surface area contributed by atoms with Gasteiger partial charge in [-0.2, -0.15) is 0 Å². The fourth-order valence-electron chi connectivity index (χ4n) is 3.81. The van der Waals surface area contributed by atoms with Crippen LogP contribution in [0, 0.1) is 13.8 Å². The summed E-state index contributed by atoms with van der Waals surface area (Å²) < 4.78 is 26.2. The molecule has 8 heteroatoms. The minimum atomic E-state index is -3.51. The smallest absolute Gasteiger partial charge is 0.242 e. The molecule has 192 valence electrons. The quantitative estimate of drug-likeness (QED) is 0.473. The highest BCUT2D eigenvalue weighted by atomic mass is 32.2. The Morgan fingerprint density at radius 3 is 2.31 bits per heavy atom. The molecule has 0 fully saturated rings. The van der Waals surface area contributed by atoms with E-state index in [0.717, 1.165) is 23.1 Å². The van der Waals surface area contributed by atoms with Gasteiger partial charge in [0.05, 0.1) is 11.9 Å². The highest BCUT2D eigenvalue weighted by molar-refractivity contribution is 7.92. The van der Waals surface area contributed by atoms with E-state index in [-0.39, 0.29) is 30.8 Å². The molecule has 2 atom stereocenters. The highest BCUT2D eigenvalue weighted by Crippen LogP contribution is 2.20. The van der Waals surface area contributed by atoms with Crippen LogP contribution in [0.3, 0.4) is 0 Å². The summed E-state index contributed by atoms with van der Waals surface area (Å²) >= 11 is 0. The first kappa shape index (κ1) is 28.4. The first-order chi connectivity index (χ1) is 16.4. The van der Waals surface area contributed by atoms with Crippen LogP contribution in [0.25, 0.3) is 0 Å². The van der Waals surface area contributed by atoms with Gasteiger partial charge in [0.2, 0.25) is 21.8 Å². The number of nitrogens with zero attached hydrogens (tertiary/aromatic N) is 2. The minimum absolute atomic E-state index is 0.0120. The van der Waals surface area contributed by atoms with Crippen molar-refractivity contribution >= 4 is 27.5 Å². The molecule has 0 radical (unpaired) electrons. The molecule has 0 saturated carbocycles. The average molecular weight is 502 g/mol. The van der Waals surface area contributed by atoms with Crippen LogP contribution in [0.15, 0.2) is 48.5 Å². The van der Waals surface area contributed by atoms with Gasteiger partial charge in [0.1, 0.15) is 6.04 Å². The maximum atomic E-state index is 13.4. The summed E-state index contributed by atoms with van der Waals surface area (Å²) in [7, 11) is -3.51. The minimum Gasteiger partial charge on any atom is -0.352 e. The van der Waals surface area contributed by atoms with Crippen molar-refractivity contribution < 1.29 is 18.0 Å². The fourth-order valence-corrected chi connectivity index (χ4v) is 4.76. The standard InChI is InChI=1S/C27H39N3O4S/c1-7-22(4)28-27(32)23(5)29(19-24-14-9-8-13-21(24)3)26(31)16-11-17-30(35(6,33)34)25-15-10-12-20(2)18-25/h8-10,12-15,18,22-23H,7,11,16-17,19H2,1-6H3,(H,28,32)/t22-,23+/m0/s1. The largest absolute Gasteiger partial charge is 0.352 e. The number of sulfonamides is 1. The lowest BCUT2D eigenvalue weighted by molar-refractivity contribution is -0.140. The number of aryl methyl sites for hydroxylation is 2. The molecule has 0 aliphatic heterocycles. The molecule has 2 aromatic carbocycles. The number of benzene rings is 2. The van der Waals surface area contributed by atoms with Crippen LogP contribution in [0.2, 0.25) is 0 Å². The van der Waals surface area contributed by atoms with Crippen LogP contribution >= 0.6 is 0 Å². The Labute approximate surface area is 210 Å². The second-order valence-corrected chi connectivity index (χ2v) is 11.1. The van der Waals surface area contributed by atoms with Crippen LogP contribution < -0.4 is 9.62 Å². The van der Waals surface area contributed by atoms with Crippen molar-refractivity contribution in [3.05, 3.63) is 65.2 Å². The van der Waals surface area contributed by atoms with Gasteiger partial charge in [-0.1, -0.05) is 43.3 Å². The highest BCUT2D eigenvalue weighted by Gasteiger charge is 2.27. The number of hydrogen-bond donors (Lipinski definition) is 1. The third-order valence-corrected chi connectivity index (χ3v) is 7.41. The fraction of sp³-hybridized carbons (Fsp3) is 0.481. The molecule has 0 aromatic heterocycles. The van der Waals surface area contributed by atoms with E-state index in [1.807, 2.05) is 70.2 Å². The predicted octanol–water partition coefficient (Wildman–Crippen LogP) is 4.18. The van der Waals surface area contributed by atoms with Gasteiger partial charge in [-0.25, -0.2) is 8.42 Å². The molecule has 0 spiro atoms. The molecule has 0 saturated heterocycles. The first-order valence-corrected chi connectivity index (χ1v) is 14.0. The van der Waals surface area contributed by atoms with Crippen LogP contribution in [-0.4, -0.2) is 50.0 Å². The zero-order valence-electron chi connectivity index (χ0n) is 21.7. The van der Waals surface area contributed by atoms with E-state index in [0.29, 0.717) is 18.7 Å². The van der Waals surface area contributed by atoms with Crippen molar-refractivity contribution in [2.45, 2.75) is 72.5 Å². The van der Waals surface area contributed by atoms with Crippen molar-refractivity contribution in [1.82, 2.24) is 10.2 Å². The van der Waals surface area contributed by atoms with Crippen LogP contribution in [0.4, 0.5) is 5.69 Å². The molecule has 0 unspecified atom stereocenters. The molecule has 0 aliphatic rings. The average Bonchev–Trinajstić information content (AvgIpc) is 2.79. The Balaban J connectivity index is 2.19. The molecule has 2 amide bonds. The molecule has 0 bridgehead atoms. The zero-order valence-corrected chi connectivity index (χ0v) is 22.6. The van der Waals surface area contributed by atoms with Crippen LogP contribution in [-0.2, 0) is 26.2 Å². The number of rotatable bonds is 12. The molecule has 2 aromatic rings. The maximum absolute atomic E-state index is 13.4. The first-order valence-electron chi connectivity index (χ1n) is 12.1. The summed E-state index contributed by atoms with van der Waals surface area (Å²) in [5, 5.41) is 2.97. The second-order valence-electron chi connectivity index (χ2n) is 9.22. The molecule has 2 rings (SSSR count). The number of nitrogens with one attached hydrogen (secondary N) is 1. The van der Waals surface area contributed by atoms with Crippen LogP contribution in [0.5, 0.6) is 0 Å². The molecule has 1 N–H and O–H groups in total. The van der Waals surface area contributed by atoms with Crippen molar-refractivity contribution in [2.24, 2.45) is 0 Å². The Kier molecular flexibility index (Phi) is 10.3. The third-order valence-electron chi connectivity index (χ3n) is 6.21. The maximum Gasteiger partial charge on any atom is 0.242 e. The number of carbonyl (C=O) groups excluding carboxylic acids is 2. The van der Waals surface area contributed by atoms with E-state index < -0.39 is 16.1 Å². The van der Waals surface area contributed by atoms with Gasteiger partial charge in [-0.3, -0.25) is 13.9 Å². The van der Waals surface area contributed by atoms with Gasteiger partial charge in [0, 0.05) is 25.6 Å². The monoisotopic (exact) mass is 501 g/mol. The van der Waals surface area contributed by atoms with E-state index >= 15 is 0 Å². The van der Waals surface area contributed by atoms with Crippen molar-refractivity contribution in [2.75, 3.05) is 17.1 Å². The molecule has 0 heterocycles. The number of hydrogen-bond acceptors (Lipinski definition) is 4. The van der Waals surface area contributed by atoms with Crippen LogP contribution in [0.1, 0.15) is 56.7 Å². The van der Waals surface area contributed by atoms with Gasteiger partial charge in [-0.15, -0.1) is 0 Å². The predicted molar refractivity (Wildman–Crippen MR) is 142 cm³/mol. The lowest BCUT2D eigenvalue weighted by Gasteiger charge is -2.30. The zero-order chi connectivity index (χ0) is 26.2. The Morgan fingerprint density at radius 1 is 1.03 bits per heavy atom. The van der Waals surface area contributed by atoms with Gasteiger partial charge in [0.15, 0.2) is 0 Å². The van der Waals surface area contributed by atoms with Gasteiger partial charge in [-0.05, 0) is 69.4 Å². The summed E-state index contributed by atoms with van der Waals surface area (Å²) in [6, 6.07) is 14.4. The summed E-state index contributed by atoms with van der Waals surface area (Å²) in [5.41, 5.74) is 3.56. The molecular formula is C27H39N3O4S. The van der Waals surface area contributed by atoms with E-state index in [1.54, 1.807) is 17.9 Å². The Bertz CT molecular complexity index is 1120. The summed E-state index contributed by atoms with van der Waals surface area (Å²) in [5.74, 6) is -0.378. The van der Waals surface area contributed by atoms with E-state index in [4.69, 9.17) is 0 Å². The summed E-state index contributed by atoms with van der Waals surface area (Å²) in [6.07, 6.45) is 2.43. The van der Waals surface area contributed by atoms with Crippen molar-refractivity contribution in [1.29, 1.82) is 0 Å². The Hall–Kier alpha value is -2.87. The number of anilines is 1. The topological polar surface area (TPSA) is 86.8 Å². The third kappa shape index (κ3) is 8.38. The van der Waals surface area contributed by atoms with Gasteiger partial charge in [0.25, 0.3) is 0 Å². The second kappa shape index (κ2) is 12.7. The van der Waals surface area contributed by atoms with E-state index in [9.17, 15) is 18.0 Å². The van der Waals surface area contributed by atoms with Crippen molar-refractivity contribution in [3.8, 4) is 0 Å². The molecular weight excluding hydrogens is 462 g/mol. The SMILES string of the molecule is CC[C@H](C)NC(=O)[C@@H](C)N(Cc1ccccc1C)C(=O)CCCN(c1cccc(C)c1)S(C)(=O)=O. The number of amides is 2. The van der Waals surface area contributed by atoms with Gasteiger partial charge < -0.3 is 10.2 Å². The summed E-state index contributed by atoms with van der Waals surface area (Å²) in [4.78, 5) is 27.8. The molecule has 35 heavy (non-hydrogen) atoms. The lowest BCUT2D eigenvalue weighted by Crippen LogP contribution is -2.49. The Morgan fingerprint density at radius 2 is 1.71 bits per heavy atom. The van der Waals surface area contributed by atoms with Crippen molar-refractivity contribution in [3.63, 3.8) is 0 Å². The van der Waals surface area contributed by atoms with E-state index in [2.05, 4.69) is 5.32 Å². The normalized spacial score (nSPS) is 13.1. The number of carbonyl (C=O) groups is 2. The van der Waals surface area contributed by atoms with E-state index in [1.165, 1.54) is 10.6 Å². The summed E-state index contributed by atoms with van der Waals surface area (Å²) in [6.45, 7) is 10.0. The lowest BCUT2D eigenvalue weighted by atomic mass is 10.1.